The van der Waals surface area contributed by atoms with Crippen molar-refractivity contribution in [1.29, 1.82) is 0 Å². The number of nitro benzene ring substituents is 1. The van der Waals surface area contributed by atoms with Gasteiger partial charge in [-0.1, -0.05) is 0 Å². The number of nitro groups is 1. The first kappa shape index (κ1) is 11.1. The van der Waals surface area contributed by atoms with Crippen LogP contribution in [0.5, 0.6) is 5.75 Å². The summed E-state index contributed by atoms with van der Waals surface area (Å²) in [6, 6.07) is 2.07. The molecule has 0 spiro atoms. The van der Waals surface area contributed by atoms with Crippen LogP contribution in [0, 0.1) is 10.1 Å². The average molecular weight is 235 g/mol. The van der Waals surface area contributed by atoms with Crippen LogP contribution in [-0.4, -0.2) is 24.7 Å². The Kier molecular flexibility index (Phi) is 2.73. The van der Waals surface area contributed by atoms with Gasteiger partial charge in [-0.15, -0.1) is 0 Å². The van der Waals surface area contributed by atoms with E-state index in [1.54, 1.807) is 0 Å². The van der Waals surface area contributed by atoms with Gasteiger partial charge in [0.25, 0.3) is 0 Å². The first-order valence-electron chi connectivity index (χ1n) is 4.77. The Hall–Kier alpha value is -2.44. The lowest BCUT2D eigenvalue weighted by atomic mass is 10.0. The zero-order chi connectivity index (χ0) is 12.4. The van der Waals surface area contributed by atoms with E-state index in [9.17, 15) is 14.9 Å². The molecule has 7 heteroatoms. The molecule has 1 unspecified atom stereocenters. The molecule has 7 nitrogen and oxygen atoms in total. The van der Waals surface area contributed by atoms with Crippen molar-refractivity contribution in [2.75, 3.05) is 12.4 Å². The van der Waals surface area contributed by atoms with Gasteiger partial charge in [-0.2, -0.15) is 0 Å². The fraction of sp³-hybridized carbons (Fsp3) is 0.200. The van der Waals surface area contributed by atoms with E-state index in [0.717, 1.165) is 0 Å². The van der Waals surface area contributed by atoms with Crippen molar-refractivity contribution in [3.8, 4) is 5.75 Å². The molecule has 1 aromatic rings. The van der Waals surface area contributed by atoms with Crippen LogP contribution in [0.1, 0.15) is 11.6 Å². The third-order valence-electron chi connectivity index (χ3n) is 2.45. The molecule has 0 bridgehead atoms. The standard InChI is InChI=1S/C10H9N3O4/c1-17-10-3-7-6(2-9(10)13(15)16)8(4-14)12-5-11-7/h2-5,8H,1H3,(H,11,12). The predicted molar refractivity (Wildman–Crippen MR) is 60.6 cm³/mol. The molecule has 0 fully saturated rings. The summed E-state index contributed by atoms with van der Waals surface area (Å²) >= 11 is 0. The van der Waals surface area contributed by atoms with Crippen molar-refractivity contribution in [2.24, 2.45) is 4.99 Å². The molecule has 0 amide bonds. The monoisotopic (exact) mass is 235 g/mol. The molecule has 1 atom stereocenters. The summed E-state index contributed by atoms with van der Waals surface area (Å²) in [5.41, 5.74) is 0.867. The lowest BCUT2D eigenvalue weighted by Crippen LogP contribution is -2.12. The number of aliphatic imine (C=N–C) groups is 1. The second-order valence-corrected chi connectivity index (χ2v) is 3.37. The molecule has 1 aromatic carbocycles. The summed E-state index contributed by atoms with van der Waals surface area (Å²) in [6.45, 7) is 0. The van der Waals surface area contributed by atoms with Gasteiger partial charge in [0.1, 0.15) is 12.3 Å². The highest BCUT2D eigenvalue weighted by Gasteiger charge is 2.24. The summed E-state index contributed by atoms with van der Waals surface area (Å²) in [6.07, 6.45) is 2.01. The molecular weight excluding hydrogens is 226 g/mol. The average Bonchev–Trinajstić information content (AvgIpc) is 2.36. The largest absolute Gasteiger partial charge is 0.490 e. The van der Waals surface area contributed by atoms with E-state index < -0.39 is 11.0 Å². The smallest absolute Gasteiger partial charge is 0.311 e. The van der Waals surface area contributed by atoms with Crippen LogP contribution < -0.4 is 10.1 Å². The molecule has 1 N–H and O–H groups in total. The van der Waals surface area contributed by atoms with Gasteiger partial charge in [-0.3, -0.25) is 15.1 Å². The number of rotatable bonds is 3. The Morgan fingerprint density at radius 2 is 2.35 bits per heavy atom. The van der Waals surface area contributed by atoms with Gasteiger partial charge in [0.15, 0.2) is 5.75 Å². The lowest BCUT2D eigenvalue weighted by Gasteiger charge is -2.17. The number of anilines is 1. The molecule has 0 aromatic heterocycles. The maximum absolute atomic E-state index is 10.8. The summed E-state index contributed by atoms with van der Waals surface area (Å²) in [4.78, 5) is 25.0. The zero-order valence-electron chi connectivity index (χ0n) is 8.91. The van der Waals surface area contributed by atoms with Gasteiger partial charge >= 0.3 is 5.69 Å². The highest BCUT2D eigenvalue weighted by atomic mass is 16.6. The fourth-order valence-corrected chi connectivity index (χ4v) is 1.64. The molecule has 1 heterocycles. The number of nitrogens with zero attached hydrogens (tertiary/aromatic N) is 2. The Labute approximate surface area is 96.3 Å². The molecular formula is C10H9N3O4. The second-order valence-electron chi connectivity index (χ2n) is 3.37. The van der Waals surface area contributed by atoms with E-state index in [-0.39, 0.29) is 11.4 Å². The van der Waals surface area contributed by atoms with Gasteiger partial charge in [0, 0.05) is 23.4 Å². The van der Waals surface area contributed by atoms with Gasteiger partial charge in [0.2, 0.25) is 0 Å². The van der Waals surface area contributed by atoms with Crippen LogP contribution >= 0.6 is 0 Å². The second kappa shape index (κ2) is 4.20. The van der Waals surface area contributed by atoms with Crippen molar-refractivity contribution in [3.63, 3.8) is 0 Å². The van der Waals surface area contributed by atoms with E-state index in [4.69, 9.17) is 4.74 Å². The van der Waals surface area contributed by atoms with E-state index >= 15 is 0 Å². The summed E-state index contributed by atoms with van der Waals surface area (Å²) in [5, 5.41) is 13.7. The number of ether oxygens (including phenoxy) is 1. The van der Waals surface area contributed by atoms with Crippen LogP contribution in [0.15, 0.2) is 17.1 Å². The van der Waals surface area contributed by atoms with Crippen molar-refractivity contribution in [1.82, 2.24) is 0 Å². The minimum atomic E-state index is -0.712. The molecule has 0 radical (unpaired) electrons. The van der Waals surface area contributed by atoms with Gasteiger partial charge in [-0.05, 0) is 0 Å². The zero-order valence-corrected chi connectivity index (χ0v) is 8.91. The number of aldehydes is 1. The molecule has 0 aliphatic carbocycles. The molecule has 17 heavy (non-hydrogen) atoms. The van der Waals surface area contributed by atoms with Crippen LogP contribution in [-0.2, 0) is 4.79 Å². The molecule has 0 saturated carbocycles. The van der Waals surface area contributed by atoms with Crippen LogP contribution in [0.3, 0.4) is 0 Å². The Balaban J connectivity index is 2.60. The van der Waals surface area contributed by atoms with Crippen LogP contribution in [0.4, 0.5) is 11.4 Å². The third-order valence-corrected chi connectivity index (χ3v) is 2.45. The lowest BCUT2D eigenvalue weighted by molar-refractivity contribution is -0.385. The van der Waals surface area contributed by atoms with Gasteiger partial charge in [0.05, 0.1) is 18.4 Å². The number of hydrogen-bond donors (Lipinski definition) is 1. The predicted octanol–water partition coefficient (Wildman–Crippen LogP) is 1.30. The fourth-order valence-electron chi connectivity index (χ4n) is 1.64. The number of carbonyl (C=O) groups excluding carboxylic acids is 1. The topological polar surface area (TPSA) is 93.8 Å². The van der Waals surface area contributed by atoms with E-state index in [0.29, 0.717) is 17.5 Å². The number of hydrogen-bond acceptors (Lipinski definition) is 6. The first-order chi connectivity index (χ1) is 8.17. The van der Waals surface area contributed by atoms with Crippen LogP contribution in [0.2, 0.25) is 0 Å². The number of carbonyl (C=O) groups is 1. The van der Waals surface area contributed by atoms with E-state index in [2.05, 4.69) is 10.3 Å². The SMILES string of the molecule is COc1cc2c(cc1[N+](=O)[O-])C(C=O)N=CN2. The van der Waals surface area contributed by atoms with E-state index in [1.807, 2.05) is 0 Å². The normalized spacial score (nSPS) is 16.9. The van der Waals surface area contributed by atoms with Gasteiger partial charge < -0.3 is 14.8 Å². The first-order valence-corrected chi connectivity index (χ1v) is 4.77. The molecule has 1 aliphatic rings. The highest BCUT2D eigenvalue weighted by Crippen LogP contribution is 2.37. The Bertz CT molecular complexity index is 513. The van der Waals surface area contributed by atoms with Crippen molar-refractivity contribution < 1.29 is 14.5 Å². The maximum atomic E-state index is 10.8. The highest BCUT2D eigenvalue weighted by molar-refractivity contribution is 5.86. The Morgan fingerprint density at radius 3 is 2.94 bits per heavy atom. The maximum Gasteiger partial charge on any atom is 0.311 e. The number of nitrogens with one attached hydrogen (secondary N) is 1. The van der Waals surface area contributed by atoms with Crippen LogP contribution in [0.25, 0.3) is 0 Å². The Morgan fingerprint density at radius 1 is 1.59 bits per heavy atom. The minimum absolute atomic E-state index is 0.140. The number of methoxy groups -OCH3 is 1. The summed E-state index contributed by atoms with van der Waals surface area (Å²) < 4.78 is 4.93. The van der Waals surface area contributed by atoms with Gasteiger partial charge in [-0.25, -0.2) is 0 Å². The minimum Gasteiger partial charge on any atom is -0.490 e. The number of fused-ring (bicyclic) bond motifs is 1. The molecule has 0 saturated heterocycles. The van der Waals surface area contributed by atoms with E-state index in [1.165, 1.54) is 25.6 Å². The van der Waals surface area contributed by atoms with Crippen molar-refractivity contribution in [2.45, 2.75) is 6.04 Å². The molecule has 2 rings (SSSR count). The number of benzene rings is 1. The molecule has 1 aliphatic heterocycles. The summed E-state index contributed by atoms with van der Waals surface area (Å²) in [5.74, 6) is 0.140. The molecule has 88 valence electrons. The third kappa shape index (κ3) is 1.82. The van der Waals surface area contributed by atoms with Crippen molar-refractivity contribution >= 4 is 24.0 Å². The quantitative estimate of drug-likeness (QED) is 0.484. The summed E-state index contributed by atoms with van der Waals surface area (Å²) in [7, 11) is 1.35. The van der Waals surface area contributed by atoms with Crippen molar-refractivity contribution in [3.05, 3.63) is 27.8 Å².